The first-order chi connectivity index (χ1) is 18.9. The standard InChI is InChI=1S/C30H34F2N4O3/c1-18-3-2-4-24-25(14-33-29(18)24)23-7-8-35(17-27(23)38)16-26(37)19-5-9-36(10-6-19)30-34-15-28(39-30)20-11-21(31)13-22(32)12-20/h2-4,11-15,19,23,26-27,33,37-38H,5-10,16-17H2,1H3/t23-,26+,27+/m0/s1. The van der Waals surface area contributed by atoms with Crippen LogP contribution in [0.1, 0.15) is 36.3 Å². The monoisotopic (exact) mass is 536 g/mol. The maximum Gasteiger partial charge on any atom is 0.297 e. The van der Waals surface area contributed by atoms with Crippen LogP contribution in [0.15, 0.2) is 53.2 Å². The minimum atomic E-state index is -0.664. The van der Waals surface area contributed by atoms with Crippen molar-refractivity contribution in [2.45, 2.75) is 44.3 Å². The number of piperidine rings is 2. The van der Waals surface area contributed by atoms with Gasteiger partial charge in [0.25, 0.3) is 6.01 Å². The molecule has 2 fully saturated rings. The van der Waals surface area contributed by atoms with Crippen molar-refractivity contribution in [3.8, 4) is 11.3 Å². The van der Waals surface area contributed by atoms with E-state index in [9.17, 15) is 19.0 Å². The van der Waals surface area contributed by atoms with E-state index in [0.717, 1.165) is 37.4 Å². The van der Waals surface area contributed by atoms with Crippen molar-refractivity contribution in [3.63, 3.8) is 0 Å². The molecule has 3 N–H and O–H groups in total. The van der Waals surface area contributed by atoms with Crippen molar-refractivity contribution in [2.75, 3.05) is 37.6 Å². The molecule has 0 spiro atoms. The minimum Gasteiger partial charge on any atom is -0.423 e. The molecule has 2 aromatic carbocycles. The highest BCUT2D eigenvalue weighted by Gasteiger charge is 2.34. The summed E-state index contributed by atoms with van der Waals surface area (Å²) in [5, 5.41) is 23.3. The summed E-state index contributed by atoms with van der Waals surface area (Å²) in [6.45, 7) is 5.34. The summed E-state index contributed by atoms with van der Waals surface area (Å²) in [4.78, 5) is 11.9. The van der Waals surface area contributed by atoms with Crippen molar-refractivity contribution in [2.24, 2.45) is 5.92 Å². The Labute approximate surface area is 226 Å². The van der Waals surface area contributed by atoms with Crippen LogP contribution in [0, 0.1) is 24.5 Å². The number of oxazole rings is 1. The van der Waals surface area contributed by atoms with Gasteiger partial charge in [-0.3, -0.25) is 4.90 Å². The fourth-order valence-corrected chi connectivity index (χ4v) is 6.29. The van der Waals surface area contributed by atoms with E-state index in [2.05, 4.69) is 40.0 Å². The van der Waals surface area contributed by atoms with Gasteiger partial charge in [-0.05, 0) is 61.9 Å². The predicted octanol–water partition coefficient (Wildman–Crippen LogP) is 4.84. The van der Waals surface area contributed by atoms with Crippen LogP contribution in [0.2, 0.25) is 0 Å². The van der Waals surface area contributed by atoms with E-state index in [0.29, 0.717) is 43.5 Å². The van der Waals surface area contributed by atoms with Crippen molar-refractivity contribution < 1.29 is 23.4 Å². The quantitative estimate of drug-likeness (QED) is 0.327. The lowest BCUT2D eigenvalue weighted by molar-refractivity contribution is 0.00593. The van der Waals surface area contributed by atoms with Gasteiger partial charge in [0.1, 0.15) is 11.6 Å². The number of para-hydroxylation sites is 1. The van der Waals surface area contributed by atoms with Crippen molar-refractivity contribution in [1.82, 2.24) is 14.9 Å². The van der Waals surface area contributed by atoms with Gasteiger partial charge in [0, 0.05) is 60.8 Å². The van der Waals surface area contributed by atoms with Gasteiger partial charge in [0.2, 0.25) is 0 Å². The van der Waals surface area contributed by atoms with Crippen LogP contribution in [0.3, 0.4) is 0 Å². The van der Waals surface area contributed by atoms with Crippen LogP contribution in [0.4, 0.5) is 14.8 Å². The summed E-state index contributed by atoms with van der Waals surface area (Å²) >= 11 is 0. The number of aryl methyl sites for hydroxylation is 1. The number of halogens is 2. The van der Waals surface area contributed by atoms with Gasteiger partial charge in [0.15, 0.2) is 5.76 Å². The average Bonchev–Trinajstić information content (AvgIpc) is 3.57. The van der Waals surface area contributed by atoms with Crippen LogP contribution in [0.25, 0.3) is 22.2 Å². The largest absolute Gasteiger partial charge is 0.423 e. The summed E-state index contributed by atoms with van der Waals surface area (Å²) in [5.74, 6) is -0.799. The van der Waals surface area contributed by atoms with Gasteiger partial charge in [-0.25, -0.2) is 13.8 Å². The van der Waals surface area contributed by atoms with Gasteiger partial charge in [-0.15, -0.1) is 0 Å². The van der Waals surface area contributed by atoms with E-state index in [-0.39, 0.29) is 11.8 Å². The Morgan fingerprint density at radius 2 is 1.87 bits per heavy atom. The Bertz CT molecular complexity index is 1430. The first-order valence-electron chi connectivity index (χ1n) is 13.7. The van der Waals surface area contributed by atoms with Crippen LogP contribution < -0.4 is 4.90 Å². The minimum absolute atomic E-state index is 0.0757. The second-order valence-electron chi connectivity index (χ2n) is 11.0. The topological polar surface area (TPSA) is 88.8 Å². The number of rotatable bonds is 6. The fourth-order valence-electron chi connectivity index (χ4n) is 6.29. The van der Waals surface area contributed by atoms with Crippen molar-refractivity contribution >= 4 is 16.9 Å². The smallest absolute Gasteiger partial charge is 0.297 e. The van der Waals surface area contributed by atoms with E-state index >= 15 is 0 Å². The second kappa shape index (κ2) is 10.7. The highest BCUT2D eigenvalue weighted by Crippen LogP contribution is 2.35. The lowest BCUT2D eigenvalue weighted by Gasteiger charge is -2.39. The number of aromatic nitrogens is 2. The first-order valence-corrected chi connectivity index (χ1v) is 13.7. The highest BCUT2D eigenvalue weighted by molar-refractivity contribution is 5.86. The van der Waals surface area contributed by atoms with E-state index in [4.69, 9.17) is 4.42 Å². The Morgan fingerprint density at radius 1 is 1.10 bits per heavy atom. The van der Waals surface area contributed by atoms with Gasteiger partial charge >= 0.3 is 0 Å². The third-order valence-electron chi connectivity index (χ3n) is 8.46. The molecule has 0 aliphatic carbocycles. The molecule has 9 heteroatoms. The molecule has 4 heterocycles. The van der Waals surface area contributed by atoms with Crippen LogP contribution in [-0.2, 0) is 0 Å². The zero-order chi connectivity index (χ0) is 27.1. The molecule has 6 rings (SSSR count). The number of H-pyrrole nitrogens is 1. The molecule has 0 amide bonds. The Kier molecular flexibility index (Phi) is 7.14. The Hall–Kier alpha value is -3.27. The average molecular weight is 537 g/mol. The summed E-state index contributed by atoms with van der Waals surface area (Å²) in [6, 6.07) is 9.94. The fraction of sp³-hybridized carbons (Fsp3) is 0.433. The number of hydrogen-bond donors (Lipinski definition) is 3. The summed E-state index contributed by atoms with van der Waals surface area (Å²) in [7, 11) is 0. The second-order valence-corrected chi connectivity index (χ2v) is 11.0. The van der Waals surface area contributed by atoms with E-state index < -0.39 is 23.8 Å². The summed E-state index contributed by atoms with van der Waals surface area (Å²) in [5.41, 5.74) is 3.81. The van der Waals surface area contributed by atoms with Gasteiger partial charge < -0.3 is 24.5 Å². The molecule has 2 aliphatic rings. The molecule has 7 nitrogen and oxygen atoms in total. The summed E-state index contributed by atoms with van der Waals surface area (Å²) < 4.78 is 33.0. The number of aliphatic hydroxyl groups is 2. The molecule has 3 atom stereocenters. The third kappa shape index (κ3) is 5.31. The number of nitrogens with zero attached hydrogens (tertiary/aromatic N) is 3. The molecule has 0 saturated carbocycles. The van der Waals surface area contributed by atoms with Gasteiger partial charge in [0.05, 0.1) is 18.4 Å². The summed E-state index contributed by atoms with van der Waals surface area (Å²) in [6.07, 6.45) is 4.95. The van der Waals surface area contributed by atoms with Crippen LogP contribution >= 0.6 is 0 Å². The van der Waals surface area contributed by atoms with E-state index in [1.165, 1.54) is 34.8 Å². The Morgan fingerprint density at radius 3 is 2.62 bits per heavy atom. The highest BCUT2D eigenvalue weighted by atomic mass is 19.1. The zero-order valence-electron chi connectivity index (χ0n) is 22.0. The van der Waals surface area contributed by atoms with E-state index in [1.807, 2.05) is 11.1 Å². The molecule has 0 bridgehead atoms. The maximum atomic E-state index is 13.6. The molecule has 39 heavy (non-hydrogen) atoms. The van der Waals surface area contributed by atoms with Crippen LogP contribution in [0.5, 0.6) is 0 Å². The van der Waals surface area contributed by atoms with Crippen molar-refractivity contribution in [1.29, 1.82) is 0 Å². The number of aromatic amines is 1. The SMILES string of the molecule is Cc1cccc2c([C@@H]3CCN(C[C@@H](O)C4CCN(c5ncc(-c6cc(F)cc(F)c6)o5)CC4)C[C@H]3O)c[nH]c12. The molecule has 4 aromatic rings. The molecule has 2 aliphatic heterocycles. The number of anilines is 1. The number of β-amino-alcohol motifs (C(OH)–C–C–N with tert-alkyl or cyclic N) is 2. The number of aliphatic hydroxyl groups excluding tert-OH is 2. The number of fused-ring (bicyclic) bond motifs is 1. The molecule has 2 saturated heterocycles. The number of likely N-dealkylation sites (tertiary alicyclic amines) is 1. The van der Waals surface area contributed by atoms with Crippen LogP contribution in [-0.4, -0.2) is 70.0 Å². The lowest BCUT2D eigenvalue weighted by atomic mass is 9.85. The molecular formula is C30H34F2N4O3. The maximum absolute atomic E-state index is 13.6. The molecule has 206 valence electrons. The molecular weight excluding hydrogens is 502 g/mol. The normalized spacial score (nSPS) is 22.0. The van der Waals surface area contributed by atoms with Gasteiger partial charge in [-0.1, -0.05) is 18.2 Å². The molecule has 2 aromatic heterocycles. The zero-order valence-corrected chi connectivity index (χ0v) is 22.0. The molecule has 0 radical (unpaired) electrons. The van der Waals surface area contributed by atoms with Gasteiger partial charge in [-0.2, -0.15) is 0 Å². The lowest BCUT2D eigenvalue weighted by Crippen LogP contribution is -2.48. The number of hydrogen-bond acceptors (Lipinski definition) is 6. The Balaban J connectivity index is 1.02. The number of nitrogens with one attached hydrogen (secondary N) is 1. The third-order valence-corrected chi connectivity index (χ3v) is 8.46. The van der Waals surface area contributed by atoms with E-state index in [1.54, 1.807) is 0 Å². The molecule has 0 unspecified atom stereocenters. The predicted molar refractivity (Wildman–Crippen MR) is 146 cm³/mol. The first kappa shape index (κ1) is 26.0. The number of benzene rings is 2. The van der Waals surface area contributed by atoms with Crippen molar-refractivity contribution in [3.05, 3.63) is 71.6 Å².